The molecule has 0 radical (unpaired) electrons. The largest absolute Gasteiger partial charge is 0.0597 e. The summed E-state index contributed by atoms with van der Waals surface area (Å²) in [5.41, 5.74) is 1.00. The number of rotatable bonds is 1. The van der Waals surface area contributed by atoms with Gasteiger partial charge in [0.2, 0.25) is 0 Å². The average molecular weight is 154 g/mol. The zero-order valence-corrected chi connectivity index (χ0v) is 8.70. The van der Waals surface area contributed by atoms with Crippen LogP contribution in [-0.2, 0) is 0 Å². The van der Waals surface area contributed by atoms with E-state index in [-0.39, 0.29) is 0 Å². The van der Waals surface area contributed by atoms with Crippen molar-refractivity contribution in [3.05, 3.63) is 0 Å². The summed E-state index contributed by atoms with van der Waals surface area (Å²) in [5, 5.41) is 0. The molecule has 0 nitrogen and oxygen atoms in total. The second-order valence-corrected chi connectivity index (χ2v) is 5.60. The summed E-state index contributed by atoms with van der Waals surface area (Å²) < 4.78 is 0. The molecule has 0 heteroatoms. The van der Waals surface area contributed by atoms with Gasteiger partial charge in [-0.25, -0.2) is 0 Å². The van der Waals surface area contributed by atoms with Gasteiger partial charge in [-0.2, -0.15) is 0 Å². The van der Waals surface area contributed by atoms with E-state index in [1.807, 2.05) is 0 Å². The molecule has 1 rings (SSSR count). The molecule has 1 aliphatic rings. The molecule has 0 spiro atoms. The Morgan fingerprint density at radius 2 is 1.36 bits per heavy atom. The van der Waals surface area contributed by atoms with Crippen molar-refractivity contribution in [2.75, 3.05) is 0 Å². The van der Waals surface area contributed by atoms with E-state index in [0.29, 0.717) is 10.8 Å². The first-order valence-electron chi connectivity index (χ1n) is 4.86. The normalized spacial score (nSPS) is 21.5. The monoisotopic (exact) mass is 154 g/mol. The Morgan fingerprint density at radius 3 is 1.45 bits per heavy atom. The predicted molar refractivity (Wildman–Crippen MR) is 50.6 cm³/mol. The standard InChI is InChI=1S/C11H22/c1-10(2,3)11(4,5)9-7-6-8-9/h9H,6-8H2,1-5H3. The van der Waals surface area contributed by atoms with Crippen LogP contribution in [0.5, 0.6) is 0 Å². The summed E-state index contributed by atoms with van der Waals surface area (Å²) in [7, 11) is 0. The molecular weight excluding hydrogens is 132 g/mol. The van der Waals surface area contributed by atoms with Gasteiger partial charge in [-0.3, -0.25) is 0 Å². The van der Waals surface area contributed by atoms with Gasteiger partial charge in [0.25, 0.3) is 0 Å². The molecular formula is C11H22. The predicted octanol–water partition coefficient (Wildman–Crippen LogP) is 3.86. The lowest BCUT2D eigenvalue weighted by Crippen LogP contribution is -2.40. The highest BCUT2D eigenvalue weighted by atomic mass is 14.5. The van der Waals surface area contributed by atoms with Crippen LogP contribution in [0.25, 0.3) is 0 Å². The third kappa shape index (κ3) is 1.45. The van der Waals surface area contributed by atoms with Crippen LogP contribution < -0.4 is 0 Å². The first-order valence-corrected chi connectivity index (χ1v) is 4.86. The zero-order chi connectivity index (χ0) is 8.70. The fourth-order valence-electron chi connectivity index (χ4n) is 1.74. The molecule has 66 valence electrons. The maximum absolute atomic E-state index is 2.43. The maximum atomic E-state index is 2.43. The van der Waals surface area contributed by atoms with Gasteiger partial charge in [-0.15, -0.1) is 0 Å². The third-order valence-electron chi connectivity index (χ3n) is 4.06. The van der Waals surface area contributed by atoms with Crippen molar-refractivity contribution in [2.45, 2.75) is 53.9 Å². The Hall–Kier alpha value is 0. The molecule has 0 aromatic heterocycles. The summed E-state index contributed by atoms with van der Waals surface area (Å²) in [6.45, 7) is 12.0. The molecule has 0 bridgehead atoms. The highest BCUT2D eigenvalue weighted by Gasteiger charge is 2.42. The average Bonchev–Trinajstić information content (AvgIpc) is 1.53. The summed E-state index contributed by atoms with van der Waals surface area (Å²) in [4.78, 5) is 0. The smallest absolute Gasteiger partial charge is 0.0277 e. The molecule has 0 heterocycles. The quantitative estimate of drug-likeness (QED) is 0.538. The van der Waals surface area contributed by atoms with Gasteiger partial charge in [0.1, 0.15) is 0 Å². The minimum atomic E-state index is 0.470. The Balaban J connectivity index is 2.64. The van der Waals surface area contributed by atoms with E-state index >= 15 is 0 Å². The third-order valence-corrected chi connectivity index (χ3v) is 4.06. The number of hydrogen-bond acceptors (Lipinski definition) is 0. The van der Waals surface area contributed by atoms with Crippen molar-refractivity contribution in [1.82, 2.24) is 0 Å². The summed E-state index contributed by atoms with van der Waals surface area (Å²) in [5.74, 6) is 0.988. The topological polar surface area (TPSA) is 0 Å². The van der Waals surface area contributed by atoms with Crippen molar-refractivity contribution in [3.63, 3.8) is 0 Å². The van der Waals surface area contributed by atoms with E-state index in [0.717, 1.165) is 5.92 Å². The van der Waals surface area contributed by atoms with Crippen LogP contribution in [0.4, 0.5) is 0 Å². The van der Waals surface area contributed by atoms with Crippen molar-refractivity contribution < 1.29 is 0 Å². The van der Waals surface area contributed by atoms with E-state index in [4.69, 9.17) is 0 Å². The van der Waals surface area contributed by atoms with Crippen molar-refractivity contribution >= 4 is 0 Å². The first kappa shape index (κ1) is 9.09. The fraction of sp³-hybridized carbons (Fsp3) is 1.00. The Bertz CT molecular complexity index is 133. The highest BCUT2D eigenvalue weighted by molar-refractivity contribution is 4.91. The van der Waals surface area contributed by atoms with E-state index in [9.17, 15) is 0 Å². The molecule has 0 atom stereocenters. The molecule has 0 aromatic rings. The lowest BCUT2D eigenvalue weighted by Gasteiger charge is -2.49. The van der Waals surface area contributed by atoms with Crippen LogP contribution in [0.2, 0.25) is 0 Å². The molecule has 0 saturated heterocycles. The molecule has 0 aliphatic heterocycles. The highest BCUT2D eigenvalue weighted by Crippen LogP contribution is 2.51. The van der Waals surface area contributed by atoms with Crippen LogP contribution in [-0.4, -0.2) is 0 Å². The fourth-order valence-corrected chi connectivity index (χ4v) is 1.74. The lowest BCUT2D eigenvalue weighted by molar-refractivity contribution is 0.00989. The second-order valence-electron chi connectivity index (χ2n) is 5.60. The van der Waals surface area contributed by atoms with E-state index in [1.165, 1.54) is 19.3 Å². The summed E-state index contributed by atoms with van der Waals surface area (Å²) in [6.07, 6.45) is 4.39. The first-order chi connectivity index (χ1) is 4.86. The van der Waals surface area contributed by atoms with Gasteiger partial charge in [-0.05, 0) is 29.6 Å². The van der Waals surface area contributed by atoms with Gasteiger partial charge < -0.3 is 0 Å². The minimum Gasteiger partial charge on any atom is -0.0597 e. The Kier molecular flexibility index (Phi) is 2.07. The van der Waals surface area contributed by atoms with Gasteiger partial charge in [-0.1, -0.05) is 41.0 Å². The Labute approximate surface area is 71.4 Å². The van der Waals surface area contributed by atoms with Crippen LogP contribution >= 0.6 is 0 Å². The van der Waals surface area contributed by atoms with Crippen molar-refractivity contribution in [3.8, 4) is 0 Å². The van der Waals surface area contributed by atoms with E-state index < -0.39 is 0 Å². The van der Waals surface area contributed by atoms with Gasteiger partial charge >= 0.3 is 0 Å². The van der Waals surface area contributed by atoms with Gasteiger partial charge in [0.05, 0.1) is 0 Å². The summed E-state index contributed by atoms with van der Waals surface area (Å²) >= 11 is 0. The SMILES string of the molecule is CC(C)(C)C(C)(C)C1CCC1. The van der Waals surface area contributed by atoms with Crippen molar-refractivity contribution in [2.24, 2.45) is 16.7 Å². The number of hydrogen-bond donors (Lipinski definition) is 0. The molecule has 0 unspecified atom stereocenters. The molecule has 0 amide bonds. The zero-order valence-electron chi connectivity index (χ0n) is 8.70. The van der Waals surface area contributed by atoms with Crippen LogP contribution in [0, 0.1) is 16.7 Å². The second kappa shape index (κ2) is 2.50. The minimum absolute atomic E-state index is 0.470. The molecule has 0 aromatic carbocycles. The molecule has 1 fully saturated rings. The molecule has 11 heavy (non-hydrogen) atoms. The van der Waals surface area contributed by atoms with Gasteiger partial charge in [0.15, 0.2) is 0 Å². The maximum Gasteiger partial charge on any atom is -0.0277 e. The molecule has 1 aliphatic carbocycles. The lowest BCUT2D eigenvalue weighted by atomic mass is 9.56. The Morgan fingerprint density at radius 1 is 0.909 bits per heavy atom. The molecule has 0 N–H and O–H groups in total. The van der Waals surface area contributed by atoms with E-state index in [2.05, 4.69) is 34.6 Å². The van der Waals surface area contributed by atoms with E-state index in [1.54, 1.807) is 0 Å². The van der Waals surface area contributed by atoms with Crippen molar-refractivity contribution in [1.29, 1.82) is 0 Å². The summed E-state index contributed by atoms with van der Waals surface area (Å²) in [6, 6.07) is 0. The van der Waals surface area contributed by atoms with Crippen LogP contribution in [0.3, 0.4) is 0 Å². The van der Waals surface area contributed by atoms with Crippen LogP contribution in [0.15, 0.2) is 0 Å². The van der Waals surface area contributed by atoms with Crippen LogP contribution in [0.1, 0.15) is 53.9 Å². The molecule has 1 saturated carbocycles. The van der Waals surface area contributed by atoms with Gasteiger partial charge in [0, 0.05) is 0 Å².